The Morgan fingerprint density at radius 1 is 1.29 bits per heavy atom. The van der Waals surface area contributed by atoms with Crippen LogP contribution < -0.4 is 10.1 Å². The molecule has 1 aromatic carbocycles. The van der Waals surface area contributed by atoms with Crippen LogP contribution >= 0.6 is 0 Å². The molecular weight excluding hydrogens is 216 g/mol. The van der Waals surface area contributed by atoms with Crippen LogP contribution in [0, 0.1) is 0 Å². The highest BCUT2D eigenvalue weighted by Crippen LogP contribution is 2.34. The van der Waals surface area contributed by atoms with E-state index in [1.807, 2.05) is 18.2 Å². The molecule has 0 unspecified atom stereocenters. The highest BCUT2D eigenvalue weighted by molar-refractivity contribution is 5.95. The predicted octanol–water partition coefficient (Wildman–Crippen LogP) is 1.57. The Bertz CT molecular complexity index is 554. The fraction of sp³-hybridized carbons (Fsp3) is 0.308. The quantitative estimate of drug-likeness (QED) is 0.840. The maximum absolute atomic E-state index is 8.87. The average Bonchev–Trinajstić information content (AvgIpc) is 2.84. The molecule has 0 fully saturated rings. The summed E-state index contributed by atoms with van der Waals surface area (Å²) in [7, 11) is 0. The second kappa shape index (κ2) is 4.22. The van der Waals surface area contributed by atoms with Gasteiger partial charge in [0.2, 0.25) is 5.88 Å². The first-order chi connectivity index (χ1) is 8.40. The maximum atomic E-state index is 8.87. The van der Waals surface area contributed by atoms with Gasteiger partial charge in [0.1, 0.15) is 5.82 Å². The minimum Gasteiger partial charge on any atom is -0.477 e. The molecule has 0 amide bonds. The van der Waals surface area contributed by atoms with E-state index in [0.29, 0.717) is 13.2 Å². The molecule has 0 spiro atoms. The molecule has 2 heterocycles. The first-order valence-corrected chi connectivity index (χ1v) is 5.79. The van der Waals surface area contributed by atoms with Crippen molar-refractivity contribution in [1.82, 2.24) is 4.98 Å². The zero-order chi connectivity index (χ0) is 11.7. The average molecular weight is 230 g/mol. The fourth-order valence-electron chi connectivity index (χ4n) is 2.22. The summed E-state index contributed by atoms with van der Waals surface area (Å²) in [5.41, 5.74) is 1.19. The number of rotatable bonds is 3. The van der Waals surface area contributed by atoms with Crippen molar-refractivity contribution in [2.24, 2.45) is 0 Å². The monoisotopic (exact) mass is 230 g/mol. The topological polar surface area (TPSA) is 54.4 Å². The number of hydrogen-bond donors (Lipinski definition) is 2. The van der Waals surface area contributed by atoms with E-state index in [2.05, 4.69) is 16.4 Å². The first kappa shape index (κ1) is 10.4. The summed E-state index contributed by atoms with van der Waals surface area (Å²) < 4.78 is 5.51. The van der Waals surface area contributed by atoms with Crippen LogP contribution in [0.4, 0.5) is 5.82 Å². The van der Waals surface area contributed by atoms with E-state index in [9.17, 15) is 0 Å². The van der Waals surface area contributed by atoms with Crippen molar-refractivity contribution in [3.8, 4) is 5.88 Å². The molecule has 4 nitrogen and oxygen atoms in total. The largest absolute Gasteiger partial charge is 0.477 e. The second-order valence-corrected chi connectivity index (χ2v) is 4.04. The zero-order valence-electron chi connectivity index (χ0n) is 9.44. The van der Waals surface area contributed by atoms with Crippen LogP contribution in [-0.2, 0) is 6.42 Å². The van der Waals surface area contributed by atoms with Gasteiger partial charge in [-0.15, -0.1) is 0 Å². The summed E-state index contributed by atoms with van der Waals surface area (Å²) in [5.74, 6) is 1.51. The molecule has 0 saturated heterocycles. The number of aromatic nitrogens is 1. The standard InChI is InChI=1S/C13H14N2O2/c16-7-6-14-12-10-4-2-1-3-9(10)11-5-8-17-13(11)15-12/h1-4,16H,5-8H2,(H,14,15). The summed E-state index contributed by atoms with van der Waals surface area (Å²) in [5, 5.41) is 14.3. The number of anilines is 1. The molecule has 0 bridgehead atoms. The third-order valence-electron chi connectivity index (χ3n) is 2.97. The van der Waals surface area contributed by atoms with E-state index in [4.69, 9.17) is 9.84 Å². The number of benzene rings is 1. The molecule has 2 aromatic rings. The third-order valence-corrected chi connectivity index (χ3v) is 2.97. The Labute approximate surface area is 99.2 Å². The Morgan fingerprint density at radius 3 is 2.94 bits per heavy atom. The van der Waals surface area contributed by atoms with Crippen LogP contribution in [-0.4, -0.2) is 29.8 Å². The van der Waals surface area contributed by atoms with E-state index < -0.39 is 0 Å². The molecule has 4 heteroatoms. The number of fused-ring (bicyclic) bond motifs is 3. The SMILES string of the molecule is OCCNc1nc2c(c3ccccc13)CCO2. The lowest BCUT2D eigenvalue weighted by molar-refractivity contribution is 0.310. The predicted molar refractivity (Wildman–Crippen MR) is 66.5 cm³/mol. The maximum Gasteiger partial charge on any atom is 0.219 e. The minimum absolute atomic E-state index is 0.0912. The Morgan fingerprint density at radius 2 is 2.12 bits per heavy atom. The van der Waals surface area contributed by atoms with Crippen LogP contribution in [0.15, 0.2) is 24.3 Å². The fourth-order valence-corrected chi connectivity index (χ4v) is 2.22. The van der Waals surface area contributed by atoms with Crippen LogP contribution in [0.3, 0.4) is 0 Å². The number of pyridine rings is 1. The van der Waals surface area contributed by atoms with Crippen LogP contribution in [0.2, 0.25) is 0 Å². The van der Waals surface area contributed by atoms with Gasteiger partial charge in [0.15, 0.2) is 0 Å². The minimum atomic E-state index is 0.0912. The normalized spacial score (nSPS) is 13.5. The molecule has 2 N–H and O–H groups in total. The molecule has 0 saturated carbocycles. The van der Waals surface area contributed by atoms with Gasteiger partial charge in [0.05, 0.1) is 13.2 Å². The van der Waals surface area contributed by atoms with E-state index in [0.717, 1.165) is 23.5 Å². The summed E-state index contributed by atoms with van der Waals surface area (Å²) in [4.78, 5) is 4.47. The van der Waals surface area contributed by atoms with Crippen LogP contribution in [0.5, 0.6) is 5.88 Å². The number of hydrogen-bond acceptors (Lipinski definition) is 4. The third kappa shape index (κ3) is 1.70. The van der Waals surface area contributed by atoms with Crippen molar-refractivity contribution in [3.05, 3.63) is 29.8 Å². The molecule has 17 heavy (non-hydrogen) atoms. The Balaban J connectivity index is 2.18. The van der Waals surface area contributed by atoms with Gasteiger partial charge in [-0.2, -0.15) is 4.98 Å². The van der Waals surface area contributed by atoms with Gasteiger partial charge in [-0.05, 0) is 5.39 Å². The summed E-state index contributed by atoms with van der Waals surface area (Å²) in [6.07, 6.45) is 0.920. The Kier molecular flexibility index (Phi) is 2.57. The highest BCUT2D eigenvalue weighted by Gasteiger charge is 2.19. The lowest BCUT2D eigenvalue weighted by atomic mass is 10.1. The van der Waals surface area contributed by atoms with Crippen molar-refractivity contribution in [3.63, 3.8) is 0 Å². The zero-order valence-corrected chi connectivity index (χ0v) is 9.44. The second-order valence-electron chi connectivity index (χ2n) is 4.04. The van der Waals surface area contributed by atoms with Crippen molar-refractivity contribution >= 4 is 16.6 Å². The summed E-state index contributed by atoms with van der Waals surface area (Å²) >= 11 is 0. The van der Waals surface area contributed by atoms with E-state index in [1.54, 1.807) is 0 Å². The van der Waals surface area contributed by atoms with E-state index >= 15 is 0 Å². The molecule has 1 aromatic heterocycles. The van der Waals surface area contributed by atoms with Gasteiger partial charge in [-0.25, -0.2) is 0 Å². The smallest absolute Gasteiger partial charge is 0.219 e. The molecule has 1 aliphatic heterocycles. The lowest BCUT2D eigenvalue weighted by Crippen LogP contribution is -2.08. The van der Waals surface area contributed by atoms with Crippen molar-refractivity contribution < 1.29 is 9.84 Å². The van der Waals surface area contributed by atoms with Gasteiger partial charge in [-0.1, -0.05) is 24.3 Å². The first-order valence-electron chi connectivity index (χ1n) is 5.79. The number of nitrogens with zero attached hydrogens (tertiary/aromatic N) is 1. The molecule has 0 atom stereocenters. The van der Waals surface area contributed by atoms with Gasteiger partial charge in [0.25, 0.3) is 0 Å². The van der Waals surface area contributed by atoms with Crippen LogP contribution in [0.25, 0.3) is 10.8 Å². The Hall–Kier alpha value is -1.81. The molecule has 1 aliphatic rings. The van der Waals surface area contributed by atoms with Crippen molar-refractivity contribution in [1.29, 1.82) is 0 Å². The molecule has 3 rings (SSSR count). The summed E-state index contributed by atoms with van der Waals surface area (Å²) in [6.45, 7) is 1.29. The number of aliphatic hydroxyl groups excluding tert-OH is 1. The van der Waals surface area contributed by atoms with Crippen LogP contribution in [0.1, 0.15) is 5.56 Å². The van der Waals surface area contributed by atoms with E-state index in [-0.39, 0.29) is 6.61 Å². The molecular formula is C13H14N2O2. The van der Waals surface area contributed by atoms with E-state index in [1.165, 1.54) is 10.9 Å². The number of aliphatic hydroxyl groups is 1. The van der Waals surface area contributed by atoms with Crippen molar-refractivity contribution in [2.75, 3.05) is 25.1 Å². The number of ether oxygens (including phenoxy) is 1. The van der Waals surface area contributed by atoms with Gasteiger partial charge in [0, 0.05) is 23.9 Å². The lowest BCUT2D eigenvalue weighted by Gasteiger charge is -2.10. The van der Waals surface area contributed by atoms with Gasteiger partial charge < -0.3 is 15.2 Å². The molecule has 0 radical (unpaired) electrons. The highest BCUT2D eigenvalue weighted by atomic mass is 16.5. The number of nitrogens with one attached hydrogen (secondary N) is 1. The molecule has 0 aliphatic carbocycles. The van der Waals surface area contributed by atoms with Crippen molar-refractivity contribution in [2.45, 2.75) is 6.42 Å². The van der Waals surface area contributed by atoms with Gasteiger partial charge >= 0.3 is 0 Å². The summed E-state index contributed by atoms with van der Waals surface area (Å²) in [6, 6.07) is 8.16. The molecule has 88 valence electrons. The van der Waals surface area contributed by atoms with Gasteiger partial charge in [-0.3, -0.25) is 0 Å².